The molecule has 2 N–H and O–H groups in total. The molecule has 2 aliphatic heterocycles. The minimum Gasteiger partial charge on any atom is -0.480 e. The highest BCUT2D eigenvalue weighted by atomic mass is 16.4. The minimum absolute atomic E-state index is 0.0187. The van der Waals surface area contributed by atoms with Gasteiger partial charge < -0.3 is 15.3 Å². The molecule has 25 heavy (non-hydrogen) atoms. The Balaban J connectivity index is 1.73. The molecule has 2 heterocycles. The van der Waals surface area contributed by atoms with Crippen molar-refractivity contribution in [3.63, 3.8) is 0 Å². The number of rotatable bonds is 7. The Bertz CT molecular complexity index is 487. The molecule has 2 aliphatic rings. The Kier molecular flexibility index (Phi) is 7.23. The van der Waals surface area contributed by atoms with Crippen LogP contribution in [0, 0.1) is 11.8 Å². The van der Waals surface area contributed by atoms with Crippen LogP contribution in [0.2, 0.25) is 0 Å². The SMILES string of the molecule is CC(C)CCNC(=O)C1CCN(C(=O)CN2CCC[C@H]2C(=O)O)CC1. The average Bonchev–Trinajstić information content (AvgIpc) is 3.03. The van der Waals surface area contributed by atoms with Gasteiger partial charge in [0.05, 0.1) is 6.54 Å². The van der Waals surface area contributed by atoms with E-state index in [2.05, 4.69) is 19.2 Å². The van der Waals surface area contributed by atoms with Gasteiger partial charge in [0.15, 0.2) is 0 Å². The third-order valence-corrected chi connectivity index (χ3v) is 5.23. The standard InChI is InChI=1S/C18H31N3O4/c1-13(2)5-8-19-17(23)14-6-10-20(11-7-14)16(22)12-21-9-3-4-15(21)18(24)25/h13-15H,3-12H2,1-2H3,(H,19,23)(H,24,25)/t15-/m0/s1. The Labute approximate surface area is 149 Å². The quantitative estimate of drug-likeness (QED) is 0.711. The van der Waals surface area contributed by atoms with Crippen molar-refractivity contribution >= 4 is 17.8 Å². The molecule has 142 valence electrons. The number of carbonyl (C=O) groups excluding carboxylic acids is 2. The molecular formula is C18H31N3O4. The molecule has 1 atom stereocenters. The maximum Gasteiger partial charge on any atom is 0.320 e. The number of hydrogen-bond acceptors (Lipinski definition) is 4. The van der Waals surface area contributed by atoms with Gasteiger partial charge in [-0.05, 0) is 44.6 Å². The monoisotopic (exact) mass is 353 g/mol. The molecule has 0 aromatic carbocycles. The smallest absolute Gasteiger partial charge is 0.320 e. The topological polar surface area (TPSA) is 90.0 Å². The predicted octanol–water partition coefficient (Wildman–Crippen LogP) is 0.936. The number of carbonyl (C=O) groups is 3. The third-order valence-electron chi connectivity index (χ3n) is 5.23. The van der Waals surface area contributed by atoms with E-state index in [-0.39, 0.29) is 24.3 Å². The van der Waals surface area contributed by atoms with Gasteiger partial charge in [-0.1, -0.05) is 13.8 Å². The summed E-state index contributed by atoms with van der Waals surface area (Å²) in [7, 11) is 0. The van der Waals surface area contributed by atoms with E-state index in [1.807, 2.05) is 0 Å². The van der Waals surface area contributed by atoms with E-state index < -0.39 is 12.0 Å². The Morgan fingerprint density at radius 3 is 2.40 bits per heavy atom. The van der Waals surface area contributed by atoms with E-state index >= 15 is 0 Å². The van der Waals surface area contributed by atoms with E-state index in [4.69, 9.17) is 0 Å². The summed E-state index contributed by atoms with van der Waals surface area (Å²) in [5.74, 6) is -0.220. The van der Waals surface area contributed by atoms with Crippen molar-refractivity contribution < 1.29 is 19.5 Å². The van der Waals surface area contributed by atoms with Gasteiger partial charge in [-0.2, -0.15) is 0 Å². The molecule has 0 unspecified atom stereocenters. The van der Waals surface area contributed by atoms with Crippen LogP contribution in [0.5, 0.6) is 0 Å². The maximum atomic E-state index is 12.4. The number of carboxylic acids is 1. The number of nitrogens with zero attached hydrogens (tertiary/aromatic N) is 2. The number of amides is 2. The summed E-state index contributed by atoms with van der Waals surface area (Å²) in [5.41, 5.74) is 0. The van der Waals surface area contributed by atoms with Crippen LogP contribution in [0.25, 0.3) is 0 Å². The van der Waals surface area contributed by atoms with Crippen LogP contribution in [-0.2, 0) is 14.4 Å². The van der Waals surface area contributed by atoms with Crippen molar-refractivity contribution in [3.05, 3.63) is 0 Å². The molecule has 2 saturated heterocycles. The molecule has 2 amide bonds. The lowest BCUT2D eigenvalue weighted by atomic mass is 9.95. The Morgan fingerprint density at radius 1 is 1.12 bits per heavy atom. The second-order valence-electron chi connectivity index (χ2n) is 7.60. The van der Waals surface area contributed by atoms with E-state index in [1.165, 1.54) is 0 Å². The number of nitrogens with one attached hydrogen (secondary N) is 1. The van der Waals surface area contributed by atoms with E-state index in [1.54, 1.807) is 9.80 Å². The van der Waals surface area contributed by atoms with Gasteiger partial charge in [0.1, 0.15) is 6.04 Å². The Hall–Kier alpha value is -1.63. The lowest BCUT2D eigenvalue weighted by Crippen LogP contribution is -2.48. The summed E-state index contributed by atoms with van der Waals surface area (Å²) in [4.78, 5) is 39.3. The second-order valence-corrected chi connectivity index (χ2v) is 7.60. The lowest BCUT2D eigenvalue weighted by Gasteiger charge is -2.33. The van der Waals surface area contributed by atoms with Crippen LogP contribution < -0.4 is 5.32 Å². The molecule has 2 fully saturated rings. The second kappa shape index (κ2) is 9.17. The fourth-order valence-electron chi connectivity index (χ4n) is 3.59. The zero-order chi connectivity index (χ0) is 18.4. The molecule has 0 saturated carbocycles. The van der Waals surface area contributed by atoms with Crippen LogP contribution in [0.3, 0.4) is 0 Å². The summed E-state index contributed by atoms with van der Waals surface area (Å²) in [6, 6.07) is -0.534. The fourth-order valence-corrected chi connectivity index (χ4v) is 3.59. The van der Waals surface area contributed by atoms with Gasteiger partial charge in [0, 0.05) is 25.6 Å². The van der Waals surface area contributed by atoms with Crippen molar-refractivity contribution in [3.8, 4) is 0 Å². The van der Waals surface area contributed by atoms with Crippen molar-refractivity contribution in [2.45, 2.75) is 52.0 Å². The zero-order valence-corrected chi connectivity index (χ0v) is 15.4. The zero-order valence-electron chi connectivity index (χ0n) is 15.4. The first kappa shape index (κ1) is 19.7. The summed E-state index contributed by atoms with van der Waals surface area (Å²) >= 11 is 0. The first-order chi connectivity index (χ1) is 11.9. The molecule has 7 heteroatoms. The summed E-state index contributed by atoms with van der Waals surface area (Å²) in [5, 5.41) is 12.2. The fraction of sp³-hybridized carbons (Fsp3) is 0.833. The predicted molar refractivity (Wildman–Crippen MR) is 94.0 cm³/mol. The van der Waals surface area contributed by atoms with Crippen LogP contribution in [0.15, 0.2) is 0 Å². The molecule has 0 aliphatic carbocycles. The Morgan fingerprint density at radius 2 is 1.80 bits per heavy atom. The summed E-state index contributed by atoms with van der Waals surface area (Å²) in [6.07, 6.45) is 3.77. The number of piperidine rings is 1. The first-order valence-corrected chi connectivity index (χ1v) is 9.40. The normalized spacial score (nSPS) is 22.4. The summed E-state index contributed by atoms with van der Waals surface area (Å²) in [6.45, 7) is 6.96. The van der Waals surface area contributed by atoms with Gasteiger partial charge in [-0.3, -0.25) is 19.3 Å². The highest BCUT2D eigenvalue weighted by Crippen LogP contribution is 2.20. The maximum absolute atomic E-state index is 12.4. The van der Waals surface area contributed by atoms with Crippen LogP contribution >= 0.6 is 0 Å². The molecule has 0 aromatic rings. The van der Waals surface area contributed by atoms with Crippen molar-refractivity contribution in [2.75, 3.05) is 32.7 Å². The molecule has 0 bridgehead atoms. The van der Waals surface area contributed by atoms with Crippen LogP contribution in [0.4, 0.5) is 0 Å². The highest BCUT2D eigenvalue weighted by Gasteiger charge is 2.34. The number of likely N-dealkylation sites (tertiary alicyclic amines) is 2. The van der Waals surface area contributed by atoms with Crippen LogP contribution in [-0.4, -0.2) is 71.5 Å². The third kappa shape index (κ3) is 5.70. The van der Waals surface area contributed by atoms with Gasteiger partial charge in [0.25, 0.3) is 0 Å². The molecule has 0 aromatic heterocycles. The highest BCUT2D eigenvalue weighted by molar-refractivity contribution is 5.81. The van der Waals surface area contributed by atoms with Crippen LogP contribution in [0.1, 0.15) is 46.0 Å². The molecule has 2 rings (SSSR count). The number of hydrogen-bond donors (Lipinski definition) is 2. The van der Waals surface area contributed by atoms with Gasteiger partial charge in [-0.15, -0.1) is 0 Å². The minimum atomic E-state index is -0.845. The van der Waals surface area contributed by atoms with Crippen molar-refractivity contribution in [2.24, 2.45) is 11.8 Å². The number of aliphatic carboxylic acids is 1. The molecule has 7 nitrogen and oxygen atoms in total. The molecular weight excluding hydrogens is 322 g/mol. The molecule has 0 spiro atoms. The largest absolute Gasteiger partial charge is 0.480 e. The first-order valence-electron chi connectivity index (χ1n) is 9.40. The lowest BCUT2D eigenvalue weighted by molar-refractivity contribution is -0.144. The number of carboxylic acid groups (broad SMARTS) is 1. The van der Waals surface area contributed by atoms with Gasteiger partial charge in [-0.25, -0.2) is 0 Å². The summed E-state index contributed by atoms with van der Waals surface area (Å²) < 4.78 is 0. The van der Waals surface area contributed by atoms with E-state index in [9.17, 15) is 19.5 Å². The van der Waals surface area contributed by atoms with Gasteiger partial charge in [0.2, 0.25) is 11.8 Å². The van der Waals surface area contributed by atoms with Crippen molar-refractivity contribution in [1.82, 2.24) is 15.1 Å². The van der Waals surface area contributed by atoms with E-state index in [0.717, 1.165) is 12.8 Å². The average molecular weight is 353 g/mol. The van der Waals surface area contributed by atoms with E-state index in [0.29, 0.717) is 51.4 Å². The van der Waals surface area contributed by atoms with Crippen molar-refractivity contribution in [1.29, 1.82) is 0 Å². The van der Waals surface area contributed by atoms with Gasteiger partial charge >= 0.3 is 5.97 Å². The molecule has 0 radical (unpaired) electrons.